The fourth-order valence-electron chi connectivity index (χ4n) is 2.46. The molecule has 0 saturated carbocycles. The highest BCUT2D eigenvalue weighted by Gasteiger charge is 2.19. The maximum absolute atomic E-state index is 12.3. The van der Waals surface area contributed by atoms with E-state index < -0.39 is 5.97 Å². The average Bonchev–Trinajstić information content (AvgIpc) is 3.24. The maximum Gasteiger partial charge on any atom is 0.352 e. The van der Waals surface area contributed by atoms with Gasteiger partial charge in [-0.15, -0.1) is 5.10 Å². The zero-order valence-electron chi connectivity index (χ0n) is 15.3. The quantitative estimate of drug-likeness (QED) is 0.464. The van der Waals surface area contributed by atoms with Crippen LogP contribution in [0.3, 0.4) is 0 Å². The number of amides is 1. The molecule has 0 saturated heterocycles. The summed E-state index contributed by atoms with van der Waals surface area (Å²) in [6.07, 6.45) is 0.501. The summed E-state index contributed by atoms with van der Waals surface area (Å²) in [6, 6.07) is 16.2. The molecule has 0 atom stereocenters. The summed E-state index contributed by atoms with van der Waals surface area (Å²) in [4.78, 5) is 24.7. The normalized spacial score (nSPS) is 10.3. The van der Waals surface area contributed by atoms with E-state index in [0.29, 0.717) is 34.8 Å². The van der Waals surface area contributed by atoms with Crippen LogP contribution in [-0.2, 0) is 4.74 Å². The predicted octanol–water partition coefficient (Wildman–Crippen LogP) is 3.19. The summed E-state index contributed by atoms with van der Waals surface area (Å²) >= 11 is 1.01. The Morgan fingerprint density at radius 1 is 1.07 bits per heavy atom. The molecule has 7 nitrogen and oxygen atoms in total. The minimum absolute atomic E-state index is 0.188. The molecule has 3 rings (SSSR count). The number of hydrogen-bond donors (Lipinski definition) is 1. The first-order valence-corrected chi connectivity index (χ1v) is 9.43. The van der Waals surface area contributed by atoms with E-state index in [0.717, 1.165) is 17.1 Å². The van der Waals surface area contributed by atoms with Gasteiger partial charge in [-0.2, -0.15) is 0 Å². The van der Waals surface area contributed by atoms with Crippen LogP contribution in [0.4, 0.5) is 0 Å². The number of aromatic nitrogens is 2. The van der Waals surface area contributed by atoms with Gasteiger partial charge < -0.3 is 14.8 Å². The first-order valence-electron chi connectivity index (χ1n) is 8.66. The number of hydrogen-bond acceptors (Lipinski definition) is 7. The number of nitrogens with zero attached hydrogens (tertiary/aromatic N) is 2. The molecular weight excluding hydrogens is 378 g/mol. The van der Waals surface area contributed by atoms with Crippen molar-refractivity contribution < 1.29 is 19.1 Å². The summed E-state index contributed by atoms with van der Waals surface area (Å²) < 4.78 is 14.2. The fraction of sp³-hybridized carbons (Fsp3) is 0.200. The van der Waals surface area contributed by atoms with Crippen molar-refractivity contribution in [3.63, 3.8) is 0 Å². The van der Waals surface area contributed by atoms with Crippen molar-refractivity contribution in [2.24, 2.45) is 0 Å². The highest BCUT2D eigenvalue weighted by molar-refractivity contribution is 7.08. The standard InChI is InChI=1S/C20H19N3O4S/c1-26-16-10-8-15(9-11-16)19(24)21-12-5-13-27-20(25)18-17(22-23-28-18)14-6-3-2-4-7-14/h2-4,6-11H,5,12-13H2,1H3,(H,21,24). The third-order valence-electron chi connectivity index (χ3n) is 3.91. The van der Waals surface area contributed by atoms with Gasteiger partial charge >= 0.3 is 5.97 Å². The van der Waals surface area contributed by atoms with Crippen LogP contribution >= 0.6 is 11.5 Å². The second kappa shape index (κ2) is 9.61. The number of rotatable bonds is 8. The van der Waals surface area contributed by atoms with Gasteiger partial charge in [0.25, 0.3) is 5.91 Å². The van der Waals surface area contributed by atoms with E-state index in [2.05, 4.69) is 14.9 Å². The van der Waals surface area contributed by atoms with Gasteiger partial charge in [0.1, 0.15) is 11.4 Å². The smallest absolute Gasteiger partial charge is 0.352 e. The van der Waals surface area contributed by atoms with Gasteiger partial charge in [-0.1, -0.05) is 34.8 Å². The van der Waals surface area contributed by atoms with Gasteiger partial charge in [-0.25, -0.2) is 4.79 Å². The first-order chi connectivity index (χ1) is 13.7. The Hall–Kier alpha value is -3.26. The zero-order valence-corrected chi connectivity index (χ0v) is 16.1. The summed E-state index contributed by atoms with van der Waals surface area (Å²) in [7, 11) is 1.57. The summed E-state index contributed by atoms with van der Waals surface area (Å²) in [6.45, 7) is 0.582. The molecule has 1 N–H and O–H groups in total. The van der Waals surface area contributed by atoms with E-state index in [-0.39, 0.29) is 12.5 Å². The molecule has 1 aromatic heterocycles. The molecule has 1 amide bonds. The Morgan fingerprint density at radius 3 is 2.54 bits per heavy atom. The molecule has 28 heavy (non-hydrogen) atoms. The highest BCUT2D eigenvalue weighted by atomic mass is 32.1. The van der Waals surface area contributed by atoms with E-state index in [1.54, 1.807) is 31.4 Å². The lowest BCUT2D eigenvalue weighted by Crippen LogP contribution is -2.25. The first kappa shape index (κ1) is 19.5. The lowest BCUT2D eigenvalue weighted by atomic mass is 10.1. The summed E-state index contributed by atoms with van der Waals surface area (Å²) in [5.41, 5.74) is 1.87. The van der Waals surface area contributed by atoms with E-state index in [1.165, 1.54) is 0 Å². The molecule has 0 aliphatic heterocycles. The Labute approximate surface area is 166 Å². The average molecular weight is 397 g/mol. The fourth-order valence-corrected chi connectivity index (χ4v) is 3.04. The molecule has 144 valence electrons. The van der Waals surface area contributed by atoms with Crippen LogP contribution in [0.5, 0.6) is 5.75 Å². The second-order valence-electron chi connectivity index (χ2n) is 5.79. The van der Waals surface area contributed by atoms with Gasteiger partial charge in [0.05, 0.1) is 13.7 Å². The van der Waals surface area contributed by atoms with E-state index in [1.807, 2.05) is 30.3 Å². The lowest BCUT2D eigenvalue weighted by Gasteiger charge is -2.07. The van der Waals surface area contributed by atoms with Crippen LogP contribution in [0.1, 0.15) is 26.5 Å². The van der Waals surface area contributed by atoms with Crippen LogP contribution in [-0.4, -0.2) is 41.7 Å². The van der Waals surface area contributed by atoms with Gasteiger partial charge in [0.2, 0.25) is 0 Å². The monoisotopic (exact) mass is 397 g/mol. The van der Waals surface area contributed by atoms with E-state index in [4.69, 9.17) is 9.47 Å². The topological polar surface area (TPSA) is 90.4 Å². The Morgan fingerprint density at radius 2 is 1.82 bits per heavy atom. The molecule has 0 aliphatic rings. The molecular formula is C20H19N3O4S. The molecule has 0 radical (unpaired) electrons. The molecule has 0 spiro atoms. The SMILES string of the molecule is COc1ccc(C(=O)NCCCOC(=O)c2snnc2-c2ccccc2)cc1. The van der Waals surface area contributed by atoms with E-state index in [9.17, 15) is 9.59 Å². The van der Waals surface area contributed by atoms with Crippen molar-refractivity contribution in [3.8, 4) is 17.0 Å². The number of esters is 1. The van der Waals surface area contributed by atoms with Crippen LogP contribution in [0, 0.1) is 0 Å². The van der Waals surface area contributed by atoms with Crippen LogP contribution in [0.15, 0.2) is 54.6 Å². The largest absolute Gasteiger partial charge is 0.497 e. The van der Waals surface area contributed by atoms with Crippen molar-refractivity contribution in [2.45, 2.75) is 6.42 Å². The van der Waals surface area contributed by atoms with Crippen molar-refractivity contribution in [1.82, 2.24) is 14.9 Å². The number of carbonyl (C=O) groups is 2. The van der Waals surface area contributed by atoms with E-state index >= 15 is 0 Å². The number of methoxy groups -OCH3 is 1. The third kappa shape index (κ3) is 4.92. The van der Waals surface area contributed by atoms with Gasteiger partial charge in [0, 0.05) is 17.7 Å². The number of benzene rings is 2. The number of carbonyl (C=O) groups excluding carboxylic acids is 2. The molecule has 3 aromatic rings. The van der Waals surface area contributed by atoms with Gasteiger partial charge in [0.15, 0.2) is 4.88 Å². The molecule has 1 heterocycles. The Bertz CT molecular complexity index is 926. The molecule has 0 aliphatic carbocycles. The second-order valence-corrected chi connectivity index (χ2v) is 6.54. The summed E-state index contributed by atoms with van der Waals surface area (Å²) in [5.74, 6) is 0.0400. The highest BCUT2D eigenvalue weighted by Crippen LogP contribution is 2.24. The number of ether oxygens (including phenoxy) is 2. The predicted molar refractivity (Wildman–Crippen MR) is 106 cm³/mol. The molecule has 0 fully saturated rings. The van der Waals surface area contributed by atoms with Crippen molar-refractivity contribution in [1.29, 1.82) is 0 Å². The minimum Gasteiger partial charge on any atom is -0.497 e. The van der Waals surface area contributed by atoms with Gasteiger partial charge in [-0.3, -0.25) is 4.79 Å². The molecule has 8 heteroatoms. The molecule has 0 bridgehead atoms. The summed E-state index contributed by atoms with van der Waals surface area (Å²) in [5, 5.41) is 6.81. The molecule has 0 unspecified atom stereocenters. The van der Waals surface area contributed by atoms with Crippen LogP contribution in [0.25, 0.3) is 11.3 Å². The van der Waals surface area contributed by atoms with Crippen LogP contribution in [0.2, 0.25) is 0 Å². The minimum atomic E-state index is -0.463. The van der Waals surface area contributed by atoms with Crippen molar-refractivity contribution >= 4 is 23.4 Å². The van der Waals surface area contributed by atoms with Crippen molar-refractivity contribution in [2.75, 3.05) is 20.3 Å². The number of nitrogens with one attached hydrogen (secondary N) is 1. The van der Waals surface area contributed by atoms with Gasteiger partial charge in [-0.05, 0) is 42.2 Å². The molecule has 2 aromatic carbocycles. The maximum atomic E-state index is 12.3. The van der Waals surface area contributed by atoms with Crippen molar-refractivity contribution in [3.05, 3.63) is 65.0 Å². The Kier molecular flexibility index (Phi) is 6.69. The zero-order chi connectivity index (χ0) is 19.8. The van der Waals surface area contributed by atoms with Crippen LogP contribution < -0.4 is 10.1 Å². The Balaban J connectivity index is 1.44. The third-order valence-corrected chi connectivity index (χ3v) is 4.62. The lowest BCUT2D eigenvalue weighted by molar-refractivity contribution is 0.0507.